The largest absolute Gasteiger partial charge is 0.457 e. The summed E-state index contributed by atoms with van der Waals surface area (Å²) in [6, 6.07) is 52.7. The van der Waals surface area contributed by atoms with Crippen molar-refractivity contribution in [3.05, 3.63) is 214 Å². The molecule has 0 unspecified atom stereocenters. The highest BCUT2D eigenvalue weighted by Gasteiger charge is 2.58. The minimum absolute atomic E-state index is 0.0524. The topological polar surface area (TPSA) is 55.5 Å². The van der Waals surface area contributed by atoms with Gasteiger partial charge in [0.15, 0.2) is 0 Å². The highest BCUT2D eigenvalue weighted by molar-refractivity contribution is 6.15. The number of fused-ring (bicyclic) bond motifs is 5. The van der Waals surface area contributed by atoms with Gasteiger partial charge >= 0.3 is 0 Å². The van der Waals surface area contributed by atoms with Crippen molar-refractivity contribution in [1.82, 2.24) is 14.5 Å². The number of ether oxygens (including phenoxy) is 1. The molecule has 0 saturated carbocycles. The van der Waals surface area contributed by atoms with Gasteiger partial charge in [0.05, 0.1) is 27.8 Å². The monoisotopic (exact) mass is 875 g/mol. The van der Waals surface area contributed by atoms with Crippen molar-refractivity contribution < 1.29 is 4.74 Å². The summed E-state index contributed by atoms with van der Waals surface area (Å²) in [5.41, 5.74) is 15.8. The van der Waals surface area contributed by atoms with Crippen LogP contribution in [0.25, 0.3) is 38.9 Å². The van der Waals surface area contributed by atoms with Gasteiger partial charge in [-0.2, -0.15) is 0 Å². The molecular weight excluding hydrogens is 819 g/mol. The van der Waals surface area contributed by atoms with Crippen molar-refractivity contribution in [2.45, 2.75) is 91.6 Å². The SMILES string of the molecule is Cc1cc(C)c(N2C(c3cc(Oc4cc5c(cc4C)c4cc(C)cc6c4n5-c4ncccc4C6(C)C)cc(-c4ccccn4)c3)=NC(C)(C)[C@]2(C)C(c2ccccc2)c2ccccc2)c(C)c1. The lowest BCUT2D eigenvalue weighted by atomic mass is 9.66. The van der Waals surface area contributed by atoms with Crippen LogP contribution in [-0.4, -0.2) is 31.4 Å². The van der Waals surface area contributed by atoms with E-state index in [1.807, 2.05) is 24.5 Å². The maximum atomic E-state index is 7.24. The zero-order valence-electron chi connectivity index (χ0n) is 40.2. The molecule has 0 fully saturated rings. The van der Waals surface area contributed by atoms with Gasteiger partial charge < -0.3 is 9.64 Å². The number of hydrogen-bond donors (Lipinski definition) is 0. The first kappa shape index (κ1) is 42.3. The zero-order valence-corrected chi connectivity index (χ0v) is 40.2. The molecular formula is C61H57N5O. The summed E-state index contributed by atoms with van der Waals surface area (Å²) < 4.78 is 9.59. The van der Waals surface area contributed by atoms with E-state index in [9.17, 15) is 0 Å². The van der Waals surface area contributed by atoms with Crippen LogP contribution in [0.3, 0.4) is 0 Å². The third kappa shape index (κ3) is 6.55. The van der Waals surface area contributed by atoms with E-state index in [1.54, 1.807) is 0 Å². The molecule has 0 amide bonds. The maximum absolute atomic E-state index is 7.24. The minimum Gasteiger partial charge on any atom is -0.457 e. The molecule has 6 nitrogen and oxygen atoms in total. The summed E-state index contributed by atoms with van der Waals surface area (Å²) in [4.78, 5) is 18.4. The molecule has 0 saturated heterocycles. The van der Waals surface area contributed by atoms with E-state index in [2.05, 4.69) is 212 Å². The quantitative estimate of drug-likeness (QED) is 0.153. The Balaban J connectivity index is 1.13. The van der Waals surface area contributed by atoms with Crippen LogP contribution in [0, 0.1) is 34.6 Å². The molecule has 0 aliphatic carbocycles. The number of benzene rings is 6. The molecule has 1 atom stereocenters. The molecule has 3 aromatic heterocycles. The second-order valence-electron chi connectivity index (χ2n) is 20.2. The predicted molar refractivity (Wildman–Crippen MR) is 277 cm³/mol. The predicted octanol–water partition coefficient (Wildman–Crippen LogP) is 14.9. The van der Waals surface area contributed by atoms with Crippen molar-refractivity contribution in [1.29, 1.82) is 0 Å². The standard InChI is InChI=1S/C61H57N5O/c1-37-28-40(4)55(41(5)29-37)66-57(64-60(8,9)61(66,10)54(42-20-13-11-14-21-42)43-22-15-12-16-23-43)45-33-44(51-25-17-18-26-62-51)34-46(35-45)67-53-36-52-47(32-39(53)3)48-30-38(2)31-50-56(48)65(52)58-49(59(50,6)7)24-19-27-63-58/h11-36,54H,1-10H3/t61-/m0/s1. The summed E-state index contributed by atoms with van der Waals surface area (Å²) >= 11 is 0. The number of anilines is 1. The number of amidine groups is 1. The number of aryl methyl sites for hydroxylation is 5. The number of aliphatic imine (C=N–C) groups is 1. The van der Waals surface area contributed by atoms with Crippen LogP contribution in [0.2, 0.25) is 0 Å². The van der Waals surface area contributed by atoms with Gasteiger partial charge in [-0.05, 0) is 137 Å². The van der Waals surface area contributed by atoms with Gasteiger partial charge in [-0.15, -0.1) is 0 Å². The summed E-state index contributed by atoms with van der Waals surface area (Å²) in [7, 11) is 0. The minimum atomic E-state index is -0.589. The maximum Gasteiger partial charge on any atom is 0.141 e. The molecule has 67 heavy (non-hydrogen) atoms. The Hall–Kier alpha value is -7.31. The molecule has 0 N–H and O–H groups in total. The Morgan fingerprint density at radius 2 is 1.19 bits per heavy atom. The van der Waals surface area contributed by atoms with Crippen LogP contribution >= 0.6 is 0 Å². The van der Waals surface area contributed by atoms with Gasteiger partial charge in [0.1, 0.15) is 23.2 Å². The third-order valence-corrected chi connectivity index (χ3v) is 15.0. The second-order valence-corrected chi connectivity index (χ2v) is 20.2. The molecule has 11 rings (SSSR count). The fourth-order valence-corrected chi connectivity index (χ4v) is 11.6. The van der Waals surface area contributed by atoms with Crippen molar-refractivity contribution in [3.8, 4) is 28.6 Å². The molecule has 0 spiro atoms. The first-order valence-electron chi connectivity index (χ1n) is 23.5. The molecule has 6 heteroatoms. The van der Waals surface area contributed by atoms with Gasteiger partial charge in [-0.25, -0.2) is 4.98 Å². The fraction of sp³-hybridized carbons (Fsp3) is 0.230. The molecule has 9 aromatic rings. The Kier molecular flexibility index (Phi) is 9.72. The Morgan fingerprint density at radius 3 is 1.87 bits per heavy atom. The number of pyridine rings is 2. The summed E-state index contributed by atoms with van der Waals surface area (Å²) in [5.74, 6) is 3.30. The summed E-state index contributed by atoms with van der Waals surface area (Å²) in [6.45, 7) is 22.7. The lowest BCUT2D eigenvalue weighted by molar-refractivity contribution is 0.279. The molecule has 6 aromatic carbocycles. The van der Waals surface area contributed by atoms with Crippen LogP contribution in [-0.2, 0) is 5.41 Å². The second kappa shape index (κ2) is 15.4. The first-order chi connectivity index (χ1) is 32.2. The Labute approximate surface area is 394 Å². The highest BCUT2D eigenvalue weighted by Crippen LogP contribution is 2.54. The average Bonchev–Trinajstić information content (AvgIpc) is 3.72. The van der Waals surface area contributed by atoms with E-state index in [1.165, 1.54) is 66.5 Å². The van der Waals surface area contributed by atoms with E-state index in [4.69, 9.17) is 19.7 Å². The van der Waals surface area contributed by atoms with Crippen LogP contribution in [0.1, 0.15) is 96.2 Å². The van der Waals surface area contributed by atoms with Crippen LogP contribution in [0.5, 0.6) is 11.5 Å². The normalized spacial score (nSPS) is 17.0. The van der Waals surface area contributed by atoms with E-state index in [0.29, 0.717) is 5.75 Å². The first-order valence-corrected chi connectivity index (χ1v) is 23.5. The number of rotatable bonds is 8. The van der Waals surface area contributed by atoms with E-state index in [0.717, 1.165) is 45.3 Å². The molecule has 0 radical (unpaired) electrons. The van der Waals surface area contributed by atoms with Crippen molar-refractivity contribution in [3.63, 3.8) is 0 Å². The van der Waals surface area contributed by atoms with Gasteiger partial charge in [0.2, 0.25) is 0 Å². The van der Waals surface area contributed by atoms with E-state index >= 15 is 0 Å². The summed E-state index contributed by atoms with van der Waals surface area (Å²) in [6.07, 6.45) is 3.76. The summed E-state index contributed by atoms with van der Waals surface area (Å²) in [5, 5.41) is 2.43. The van der Waals surface area contributed by atoms with E-state index < -0.39 is 11.1 Å². The van der Waals surface area contributed by atoms with Gasteiger partial charge in [0.25, 0.3) is 0 Å². The van der Waals surface area contributed by atoms with Crippen molar-refractivity contribution in [2.24, 2.45) is 4.99 Å². The van der Waals surface area contributed by atoms with Crippen LogP contribution in [0.15, 0.2) is 163 Å². The van der Waals surface area contributed by atoms with Crippen LogP contribution in [0.4, 0.5) is 5.69 Å². The third-order valence-electron chi connectivity index (χ3n) is 15.0. The van der Waals surface area contributed by atoms with E-state index in [-0.39, 0.29) is 11.3 Å². The molecule has 0 bridgehead atoms. The number of hydrogen-bond acceptors (Lipinski definition) is 5. The fourth-order valence-electron chi connectivity index (χ4n) is 11.6. The number of aromatic nitrogens is 3. The van der Waals surface area contributed by atoms with Gasteiger partial charge in [-0.1, -0.05) is 116 Å². The number of nitrogens with zero attached hydrogens (tertiary/aromatic N) is 5. The lowest BCUT2D eigenvalue weighted by Gasteiger charge is -2.50. The molecule has 5 heterocycles. The lowest BCUT2D eigenvalue weighted by Crippen LogP contribution is -2.60. The smallest absolute Gasteiger partial charge is 0.141 e. The van der Waals surface area contributed by atoms with Crippen molar-refractivity contribution >= 4 is 33.3 Å². The average molecular weight is 876 g/mol. The Morgan fingerprint density at radius 1 is 0.552 bits per heavy atom. The Bertz CT molecular complexity index is 3400. The van der Waals surface area contributed by atoms with Gasteiger partial charge in [-0.3, -0.25) is 14.5 Å². The molecule has 332 valence electrons. The van der Waals surface area contributed by atoms with Crippen LogP contribution < -0.4 is 9.64 Å². The molecule has 2 aliphatic rings. The highest BCUT2D eigenvalue weighted by atomic mass is 16.5. The van der Waals surface area contributed by atoms with Gasteiger partial charge in [0, 0.05) is 62.9 Å². The zero-order chi connectivity index (χ0) is 46.6. The van der Waals surface area contributed by atoms with Crippen molar-refractivity contribution in [2.75, 3.05) is 4.90 Å². The molecule has 2 aliphatic heterocycles.